The van der Waals surface area contributed by atoms with Gasteiger partial charge in [0.1, 0.15) is 11.6 Å². The van der Waals surface area contributed by atoms with Gasteiger partial charge in [-0.05, 0) is 29.7 Å². The minimum atomic E-state index is -1.04. The van der Waals surface area contributed by atoms with Crippen LogP contribution in [0, 0.1) is 11.7 Å². The molecule has 1 unspecified atom stereocenters. The van der Waals surface area contributed by atoms with E-state index in [1.54, 1.807) is 6.07 Å². The molecule has 3 nitrogen and oxygen atoms in total. The van der Waals surface area contributed by atoms with E-state index in [1.165, 1.54) is 18.2 Å². The Bertz CT molecular complexity index is 652. The SMILES string of the molecule is O=C(Cc1ccccc1)CC(Cc1cccc(F)c1)C(=O)O. The predicted octanol–water partition coefficient (Wildman–Crippen LogP) is 3.27. The Labute approximate surface area is 128 Å². The molecule has 0 amide bonds. The largest absolute Gasteiger partial charge is 0.481 e. The van der Waals surface area contributed by atoms with E-state index >= 15 is 0 Å². The summed E-state index contributed by atoms with van der Waals surface area (Å²) in [4.78, 5) is 23.4. The van der Waals surface area contributed by atoms with Crippen LogP contribution in [0.5, 0.6) is 0 Å². The van der Waals surface area contributed by atoms with Gasteiger partial charge >= 0.3 is 5.97 Å². The molecule has 0 spiro atoms. The third-order valence-electron chi connectivity index (χ3n) is 3.44. The van der Waals surface area contributed by atoms with Gasteiger partial charge in [-0.2, -0.15) is 0 Å². The molecule has 0 radical (unpaired) electrons. The van der Waals surface area contributed by atoms with Gasteiger partial charge in [-0.25, -0.2) is 4.39 Å². The summed E-state index contributed by atoms with van der Waals surface area (Å²) in [5.74, 6) is -2.41. The summed E-state index contributed by atoms with van der Waals surface area (Å²) in [7, 11) is 0. The minimum absolute atomic E-state index is 0.0548. The molecule has 0 saturated carbocycles. The number of carboxylic acid groups (broad SMARTS) is 1. The van der Waals surface area contributed by atoms with Gasteiger partial charge in [-0.15, -0.1) is 0 Å². The third-order valence-corrected chi connectivity index (χ3v) is 3.44. The molecule has 0 aliphatic rings. The van der Waals surface area contributed by atoms with Crippen LogP contribution in [0.25, 0.3) is 0 Å². The van der Waals surface area contributed by atoms with Crippen molar-refractivity contribution in [2.24, 2.45) is 5.92 Å². The van der Waals surface area contributed by atoms with Crippen LogP contribution in [0.2, 0.25) is 0 Å². The highest BCUT2D eigenvalue weighted by Crippen LogP contribution is 2.16. The topological polar surface area (TPSA) is 54.4 Å². The molecule has 22 heavy (non-hydrogen) atoms. The molecule has 4 heteroatoms. The molecule has 2 aromatic rings. The second-order valence-electron chi connectivity index (χ2n) is 5.27. The van der Waals surface area contributed by atoms with E-state index in [1.807, 2.05) is 30.3 Å². The fraction of sp³-hybridized carbons (Fsp3) is 0.222. The van der Waals surface area contributed by atoms with Crippen LogP contribution >= 0.6 is 0 Å². The smallest absolute Gasteiger partial charge is 0.307 e. The minimum Gasteiger partial charge on any atom is -0.481 e. The second kappa shape index (κ2) is 7.50. The van der Waals surface area contributed by atoms with Gasteiger partial charge in [0.25, 0.3) is 0 Å². The molecule has 0 aliphatic carbocycles. The van der Waals surface area contributed by atoms with E-state index in [9.17, 15) is 19.1 Å². The molecule has 0 bridgehead atoms. The first-order chi connectivity index (χ1) is 10.5. The van der Waals surface area contributed by atoms with Crippen LogP contribution in [0.4, 0.5) is 4.39 Å². The molecule has 0 aliphatic heterocycles. The van der Waals surface area contributed by atoms with Gasteiger partial charge in [0.05, 0.1) is 5.92 Å². The third kappa shape index (κ3) is 4.81. The predicted molar refractivity (Wildman–Crippen MR) is 81.0 cm³/mol. The number of Topliss-reactive ketones (excluding diaryl/α,β-unsaturated/α-hetero) is 1. The Morgan fingerprint density at radius 2 is 1.68 bits per heavy atom. The van der Waals surface area contributed by atoms with E-state index < -0.39 is 17.7 Å². The van der Waals surface area contributed by atoms with Gasteiger partial charge in [0, 0.05) is 12.8 Å². The summed E-state index contributed by atoms with van der Waals surface area (Å²) in [5.41, 5.74) is 1.45. The normalized spacial score (nSPS) is 11.9. The van der Waals surface area contributed by atoms with Gasteiger partial charge in [-0.1, -0.05) is 42.5 Å². The van der Waals surface area contributed by atoms with Crippen molar-refractivity contribution in [1.82, 2.24) is 0 Å². The summed E-state index contributed by atoms with van der Waals surface area (Å²) in [5, 5.41) is 9.27. The number of carbonyl (C=O) groups is 2. The number of ketones is 1. The average molecular weight is 300 g/mol. The molecule has 0 aromatic heterocycles. The summed E-state index contributed by atoms with van der Waals surface area (Å²) in [6.45, 7) is 0. The van der Waals surface area contributed by atoms with Gasteiger partial charge in [-0.3, -0.25) is 9.59 Å². The number of aliphatic carboxylic acids is 1. The van der Waals surface area contributed by atoms with Crippen molar-refractivity contribution in [2.45, 2.75) is 19.3 Å². The lowest BCUT2D eigenvalue weighted by Crippen LogP contribution is -2.21. The van der Waals surface area contributed by atoms with E-state index in [-0.39, 0.29) is 25.0 Å². The zero-order valence-corrected chi connectivity index (χ0v) is 12.0. The van der Waals surface area contributed by atoms with E-state index in [2.05, 4.69) is 0 Å². The van der Waals surface area contributed by atoms with E-state index in [4.69, 9.17) is 0 Å². The lowest BCUT2D eigenvalue weighted by Gasteiger charge is -2.12. The highest BCUT2D eigenvalue weighted by atomic mass is 19.1. The van der Waals surface area contributed by atoms with E-state index in [0.717, 1.165) is 5.56 Å². The Morgan fingerprint density at radius 1 is 1.00 bits per heavy atom. The van der Waals surface area contributed by atoms with Crippen LogP contribution < -0.4 is 0 Å². The summed E-state index contributed by atoms with van der Waals surface area (Å²) in [6.07, 6.45) is 0.308. The number of carboxylic acids is 1. The number of hydrogen-bond donors (Lipinski definition) is 1. The first-order valence-electron chi connectivity index (χ1n) is 7.07. The van der Waals surface area contributed by atoms with Gasteiger partial charge < -0.3 is 5.11 Å². The van der Waals surface area contributed by atoms with Crippen molar-refractivity contribution in [3.8, 4) is 0 Å². The fourth-order valence-corrected chi connectivity index (χ4v) is 2.37. The quantitative estimate of drug-likeness (QED) is 0.854. The molecule has 114 valence electrons. The average Bonchev–Trinajstić information content (AvgIpc) is 2.47. The fourth-order valence-electron chi connectivity index (χ4n) is 2.37. The van der Waals surface area contributed by atoms with Gasteiger partial charge in [0.15, 0.2) is 0 Å². The van der Waals surface area contributed by atoms with Gasteiger partial charge in [0.2, 0.25) is 0 Å². The highest BCUT2D eigenvalue weighted by molar-refractivity contribution is 5.85. The lowest BCUT2D eigenvalue weighted by molar-refractivity contribution is -0.143. The van der Waals surface area contributed by atoms with Crippen LogP contribution in [-0.4, -0.2) is 16.9 Å². The second-order valence-corrected chi connectivity index (χ2v) is 5.27. The zero-order chi connectivity index (χ0) is 15.9. The monoisotopic (exact) mass is 300 g/mol. The maximum absolute atomic E-state index is 13.2. The number of carbonyl (C=O) groups excluding carboxylic acids is 1. The Kier molecular flexibility index (Phi) is 5.42. The van der Waals surface area contributed by atoms with Crippen molar-refractivity contribution in [1.29, 1.82) is 0 Å². The zero-order valence-electron chi connectivity index (χ0n) is 12.0. The standard InChI is InChI=1S/C18H17FO3/c19-16-8-4-7-14(10-16)9-15(18(21)22)12-17(20)11-13-5-2-1-3-6-13/h1-8,10,15H,9,11-12H2,(H,21,22). The summed E-state index contributed by atoms with van der Waals surface area (Å²) in [6, 6.07) is 15.0. The van der Waals surface area contributed by atoms with Crippen molar-refractivity contribution < 1.29 is 19.1 Å². The highest BCUT2D eigenvalue weighted by Gasteiger charge is 2.22. The first kappa shape index (κ1) is 15.9. The van der Waals surface area contributed by atoms with Crippen LogP contribution in [0.15, 0.2) is 54.6 Å². The van der Waals surface area contributed by atoms with Crippen molar-refractivity contribution in [3.63, 3.8) is 0 Å². The molecule has 2 aromatic carbocycles. The molecule has 0 saturated heterocycles. The summed E-state index contributed by atoms with van der Waals surface area (Å²) < 4.78 is 13.2. The lowest BCUT2D eigenvalue weighted by atomic mass is 9.92. The molecular formula is C18H17FO3. The molecule has 0 heterocycles. The number of benzene rings is 2. The van der Waals surface area contributed by atoms with Crippen molar-refractivity contribution in [2.75, 3.05) is 0 Å². The first-order valence-corrected chi connectivity index (χ1v) is 7.07. The number of halogens is 1. The van der Waals surface area contributed by atoms with Crippen LogP contribution in [0.1, 0.15) is 17.5 Å². The number of rotatable bonds is 7. The maximum atomic E-state index is 13.2. The molecular weight excluding hydrogens is 283 g/mol. The molecule has 2 rings (SSSR count). The Balaban J connectivity index is 1.99. The Hall–Kier alpha value is -2.49. The van der Waals surface area contributed by atoms with E-state index in [0.29, 0.717) is 5.56 Å². The molecule has 1 N–H and O–H groups in total. The maximum Gasteiger partial charge on any atom is 0.307 e. The van der Waals surface area contributed by atoms with Crippen molar-refractivity contribution >= 4 is 11.8 Å². The van der Waals surface area contributed by atoms with Crippen molar-refractivity contribution in [3.05, 3.63) is 71.5 Å². The molecule has 1 atom stereocenters. The van der Waals surface area contributed by atoms with Crippen LogP contribution in [0.3, 0.4) is 0 Å². The summed E-state index contributed by atoms with van der Waals surface area (Å²) >= 11 is 0. The number of hydrogen-bond acceptors (Lipinski definition) is 2. The Morgan fingerprint density at radius 3 is 2.32 bits per heavy atom. The molecule has 0 fully saturated rings. The van der Waals surface area contributed by atoms with Crippen LogP contribution in [-0.2, 0) is 22.4 Å².